The number of para-hydroxylation sites is 4. The Morgan fingerprint density at radius 3 is 1.22 bits per heavy atom. The Kier molecular flexibility index (Phi) is 8.28. The Labute approximate surface area is 386 Å². The lowest BCUT2D eigenvalue weighted by molar-refractivity contribution is 0.668. The third-order valence-electron chi connectivity index (χ3n) is 13.8. The summed E-state index contributed by atoms with van der Waals surface area (Å²) in [4.78, 5) is 4.47. The first-order chi connectivity index (χ1) is 32.9. The zero-order chi connectivity index (χ0) is 45.0. The maximum Gasteiger partial charge on any atom is 0.159 e. The molecule has 0 saturated heterocycles. The zero-order valence-electron chi connectivity index (χ0n) is 36.6. The molecule has 0 N–H and O–H groups in total. The Bertz CT molecular complexity index is 3840. The minimum atomic E-state index is -0.327. The maximum atomic E-state index is 9.68. The molecule has 12 aromatic rings. The number of hydrogen-bond donors (Lipinski definition) is 0. The molecule has 0 aliphatic heterocycles. The van der Waals surface area contributed by atoms with E-state index in [1.54, 1.807) is 0 Å². The van der Waals surface area contributed by atoms with E-state index in [1.807, 2.05) is 84.9 Å². The second-order valence-electron chi connectivity index (χ2n) is 17.9. The van der Waals surface area contributed by atoms with E-state index >= 15 is 0 Å². The smallest absolute Gasteiger partial charge is 0.159 e. The van der Waals surface area contributed by atoms with Crippen molar-refractivity contribution in [2.75, 3.05) is 9.80 Å². The fourth-order valence-corrected chi connectivity index (χ4v) is 10.9. The largest absolute Gasteiger partial charge is 0.454 e. The molecule has 0 radical (unpaired) electrons. The minimum Gasteiger partial charge on any atom is -0.454 e. The van der Waals surface area contributed by atoms with Gasteiger partial charge < -0.3 is 18.6 Å². The third-order valence-corrected chi connectivity index (χ3v) is 13.8. The number of benzene rings is 10. The van der Waals surface area contributed by atoms with Gasteiger partial charge in [-0.1, -0.05) is 111 Å². The summed E-state index contributed by atoms with van der Waals surface area (Å²) in [6, 6.07) is 71.6. The lowest BCUT2D eigenvalue weighted by atomic mass is 9.78. The minimum absolute atomic E-state index is 0.327. The summed E-state index contributed by atoms with van der Waals surface area (Å²) < 4.78 is 13.2. The summed E-state index contributed by atoms with van der Waals surface area (Å²) in [5, 5.41) is 28.3. The fourth-order valence-electron chi connectivity index (χ4n) is 10.9. The number of nitrogens with zero attached hydrogens (tertiary/aromatic N) is 4. The summed E-state index contributed by atoms with van der Waals surface area (Å²) in [6.07, 6.45) is 0. The first kappa shape index (κ1) is 38.4. The van der Waals surface area contributed by atoms with Crippen LogP contribution in [-0.4, -0.2) is 0 Å². The average Bonchev–Trinajstić information content (AvgIpc) is 4.03. The van der Waals surface area contributed by atoms with Gasteiger partial charge in [0, 0.05) is 49.7 Å². The average molecular weight is 859 g/mol. The van der Waals surface area contributed by atoms with Crippen molar-refractivity contribution in [2.45, 2.75) is 19.3 Å². The molecule has 13 rings (SSSR count). The third kappa shape index (κ3) is 5.74. The van der Waals surface area contributed by atoms with Crippen LogP contribution in [0, 0.1) is 22.7 Å². The van der Waals surface area contributed by atoms with Crippen LogP contribution in [-0.2, 0) is 5.41 Å². The molecule has 6 heteroatoms. The van der Waals surface area contributed by atoms with Crippen molar-refractivity contribution < 1.29 is 8.83 Å². The van der Waals surface area contributed by atoms with Gasteiger partial charge in [-0.15, -0.1) is 0 Å². The van der Waals surface area contributed by atoms with Gasteiger partial charge >= 0.3 is 0 Å². The molecule has 0 amide bonds. The fraction of sp³-hybridized carbons (Fsp3) is 0.0492. The molecule has 0 atom stereocenters. The van der Waals surface area contributed by atoms with Crippen LogP contribution in [0.5, 0.6) is 0 Å². The van der Waals surface area contributed by atoms with E-state index in [-0.39, 0.29) is 5.41 Å². The van der Waals surface area contributed by atoms with Crippen molar-refractivity contribution in [1.82, 2.24) is 0 Å². The quantitative estimate of drug-likeness (QED) is 0.166. The van der Waals surface area contributed by atoms with Crippen LogP contribution in [0.2, 0.25) is 0 Å². The van der Waals surface area contributed by atoms with Gasteiger partial charge in [-0.2, -0.15) is 10.5 Å². The first-order valence-electron chi connectivity index (χ1n) is 22.4. The van der Waals surface area contributed by atoms with Crippen LogP contribution >= 0.6 is 0 Å². The topological polar surface area (TPSA) is 80.3 Å². The van der Waals surface area contributed by atoms with Crippen LogP contribution in [0.25, 0.3) is 76.5 Å². The summed E-state index contributed by atoms with van der Waals surface area (Å²) in [7, 11) is 0. The highest BCUT2D eigenvalue weighted by molar-refractivity contribution is 6.12. The molecular formula is C61H38N4O2. The van der Waals surface area contributed by atoms with Gasteiger partial charge in [-0.05, 0) is 141 Å². The number of furan rings is 2. The number of fused-ring (bicyclic) bond motifs is 13. The van der Waals surface area contributed by atoms with Crippen molar-refractivity contribution >= 4 is 99.5 Å². The molecule has 2 heterocycles. The van der Waals surface area contributed by atoms with Gasteiger partial charge in [0.25, 0.3) is 0 Å². The normalized spacial score (nSPS) is 12.7. The molecule has 0 bridgehead atoms. The first-order valence-corrected chi connectivity index (χ1v) is 22.4. The number of anilines is 6. The predicted molar refractivity (Wildman–Crippen MR) is 272 cm³/mol. The van der Waals surface area contributed by atoms with Gasteiger partial charge in [-0.3, -0.25) is 0 Å². The van der Waals surface area contributed by atoms with E-state index in [0.717, 1.165) is 88.8 Å². The van der Waals surface area contributed by atoms with E-state index in [1.165, 1.54) is 33.0 Å². The molecule has 1 aliphatic rings. The van der Waals surface area contributed by atoms with Gasteiger partial charge in [0.15, 0.2) is 11.2 Å². The number of hydrogen-bond acceptors (Lipinski definition) is 6. The number of rotatable bonds is 6. The van der Waals surface area contributed by atoms with Crippen molar-refractivity contribution in [1.29, 1.82) is 10.5 Å². The van der Waals surface area contributed by atoms with E-state index in [0.29, 0.717) is 11.1 Å². The highest BCUT2D eigenvalue weighted by Crippen LogP contribution is 2.55. The standard InChI is InChI=1S/C61H38N4O2/c1-61(2)57-45-31-27-43(64(41-23-17-37(35-62)18-24-41)53-13-7-11-51-47-9-3-5-15-55(47)66-59(51)53)33-39(45)21-29-49(57)50-30-22-40-34-44(28-32-46(40)58(50)61)65(42-25-19-38(36-63)20-26-42)54-14-8-12-52-48-10-4-6-16-56(48)67-60(52)54/h3-34H,1-2H3. The highest BCUT2D eigenvalue weighted by atomic mass is 16.3. The van der Waals surface area contributed by atoms with E-state index < -0.39 is 0 Å². The second kappa shape index (κ2) is 14.5. The van der Waals surface area contributed by atoms with Crippen LogP contribution in [0.4, 0.5) is 34.1 Å². The van der Waals surface area contributed by atoms with Gasteiger partial charge in [0.05, 0.1) is 34.6 Å². The highest BCUT2D eigenvalue weighted by Gasteiger charge is 2.38. The Morgan fingerprint density at radius 1 is 0.388 bits per heavy atom. The molecule has 1 aliphatic carbocycles. The summed E-state index contributed by atoms with van der Waals surface area (Å²) in [6.45, 7) is 4.71. The Hall–Kier alpha value is -9.10. The van der Waals surface area contributed by atoms with Crippen LogP contribution < -0.4 is 9.80 Å². The molecule has 0 unspecified atom stereocenters. The van der Waals surface area contributed by atoms with Crippen molar-refractivity contribution in [3.63, 3.8) is 0 Å². The number of nitriles is 2. The Morgan fingerprint density at radius 2 is 0.791 bits per heavy atom. The zero-order valence-corrected chi connectivity index (χ0v) is 36.6. The van der Waals surface area contributed by atoms with Gasteiger partial charge in [0.2, 0.25) is 0 Å². The van der Waals surface area contributed by atoms with Gasteiger partial charge in [0.1, 0.15) is 11.2 Å². The monoisotopic (exact) mass is 858 g/mol. The lowest BCUT2D eigenvalue weighted by Gasteiger charge is -2.28. The second-order valence-corrected chi connectivity index (χ2v) is 17.9. The van der Waals surface area contributed by atoms with E-state index in [4.69, 9.17) is 8.83 Å². The summed E-state index contributed by atoms with van der Waals surface area (Å²) >= 11 is 0. The molecule has 67 heavy (non-hydrogen) atoms. The molecule has 0 spiro atoms. The molecule has 10 aromatic carbocycles. The van der Waals surface area contributed by atoms with Gasteiger partial charge in [-0.25, -0.2) is 0 Å². The van der Waals surface area contributed by atoms with Crippen molar-refractivity contribution in [2.24, 2.45) is 0 Å². The summed E-state index contributed by atoms with van der Waals surface area (Å²) in [5.74, 6) is 0. The van der Waals surface area contributed by atoms with Crippen molar-refractivity contribution in [3.05, 3.63) is 216 Å². The molecule has 6 nitrogen and oxygen atoms in total. The molecule has 0 saturated carbocycles. The molecule has 2 aromatic heterocycles. The summed E-state index contributed by atoms with van der Waals surface area (Å²) in [5.41, 5.74) is 15.0. The maximum absolute atomic E-state index is 9.68. The van der Waals surface area contributed by atoms with E-state index in [2.05, 4.69) is 145 Å². The van der Waals surface area contributed by atoms with E-state index in [9.17, 15) is 10.5 Å². The molecular weight excluding hydrogens is 821 g/mol. The molecule has 314 valence electrons. The predicted octanol–water partition coefficient (Wildman–Crippen LogP) is 16.8. The SMILES string of the molecule is CC1(C)c2c(ccc3cc(N(c4ccc(C#N)cc4)c4cccc5c4oc4ccccc45)ccc23)-c2ccc3cc(N(c4ccc(C#N)cc4)c4cccc5c4oc4ccccc45)ccc3c21. The van der Waals surface area contributed by atoms with Crippen molar-refractivity contribution in [3.8, 4) is 23.3 Å². The lowest BCUT2D eigenvalue weighted by Crippen LogP contribution is -2.16. The van der Waals surface area contributed by atoms with Crippen LogP contribution in [0.15, 0.2) is 203 Å². The molecule has 0 fully saturated rings. The van der Waals surface area contributed by atoms with Crippen LogP contribution in [0.1, 0.15) is 36.1 Å². The van der Waals surface area contributed by atoms with Crippen LogP contribution in [0.3, 0.4) is 0 Å². The Balaban J connectivity index is 0.938.